The molecule has 5 rings (SSSR count). The van der Waals surface area contributed by atoms with Crippen LogP contribution in [0.2, 0.25) is 0 Å². The highest BCUT2D eigenvalue weighted by Gasteiger charge is 2.28. The predicted molar refractivity (Wildman–Crippen MR) is 125 cm³/mol. The summed E-state index contributed by atoms with van der Waals surface area (Å²) in [5.41, 5.74) is 3.58. The molecule has 0 unspecified atom stereocenters. The van der Waals surface area contributed by atoms with Crippen molar-refractivity contribution in [3.63, 3.8) is 0 Å². The van der Waals surface area contributed by atoms with Crippen molar-refractivity contribution in [3.05, 3.63) is 89.2 Å². The van der Waals surface area contributed by atoms with Gasteiger partial charge in [0.05, 0.1) is 38.1 Å². The Kier molecular flexibility index (Phi) is 6.06. The van der Waals surface area contributed by atoms with Gasteiger partial charge in [0.15, 0.2) is 5.65 Å². The van der Waals surface area contributed by atoms with E-state index in [1.807, 2.05) is 49.4 Å². The Morgan fingerprint density at radius 2 is 1.76 bits per heavy atom. The van der Waals surface area contributed by atoms with Crippen molar-refractivity contribution < 1.29 is 18.5 Å². The molecule has 6 nitrogen and oxygen atoms in total. The fourth-order valence-corrected chi connectivity index (χ4v) is 4.42. The minimum atomic E-state index is -2.75. The average molecular weight is 463 g/mol. The number of carbonyl (C=O) groups excluding carboxylic acids is 1. The lowest BCUT2D eigenvalue weighted by molar-refractivity contribution is -0.917. The van der Waals surface area contributed by atoms with E-state index in [1.165, 1.54) is 22.7 Å². The van der Waals surface area contributed by atoms with Crippen molar-refractivity contribution in [2.75, 3.05) is 26.2 Å². The number of piperazine rings is 1. The predicted octanol–water partition coefficient (Wildman–Crippen LogP) is 3.18. The van der Waals surface area contributed by atoms with Crippen molar-refractivity contribution in [1.82, 2.24) is 19.5 Å². The minimum absolute atomic E-state index is 0.164. The van der Waals surface area contributed by atoms with Gasteiger partial charge in [0.1, 0.15) is 17.8 Å². The lowest BCUT2D eigenvalue weighted by atomic mass is 10.1. The maximum absolute atomic E-state index is 13.9. The molecule has 2 aromatic heterocycles. The number of nitrogens with zero attached hydrogens (tertiary/aromatic N) is 4. The highest BCUT2D eigenvalue weighted by atomic mass is 19.3. The summed E-state index contributed by atoms with van der Waals surface area (Å²) >= 11 is 0. The van der Waals surface area contributed by atoms with Crippen LogP contribution in [0, 0.1) is 6.92 Å². The second-order valence-electron chi connectivity index (χ2n) is 8.73. The zero-order chi connectivity index (χ0) is 23.7. The molecule has 1 amide bonds. The molecule has 0 saturated carbocycles. The van der Waals surface area contributed by atoms with Crippen molar-refractivity contribution in [1.29, 1.82) is 0 Å². The summed E-state index contributed by atoms with van der Waals surface area (Å²) in [6, 6.07) is 19.1. The molecule has 1 fully saturated rings. The molecule has 0 bridgehead atoms. The molecule has 2 aromatic carbocycles. The topological polar surface area (TPSA) is 54.9 Å². The number of aryl methyl sites for hydroxylation is 1. The first-order valence-electron chi connectivity index (χ1n) is 11.4. The number of halogens is 2. The quantitative estimate of drug-likeness (QED) is 0.496. The Balaban J connectivity index is 1.40. The van der Waals surface area contributed by atoms with E-state index in [2.05, 4.69) is 22.2 Å². The molecule has 4 aromatic rings. The number of hydrogen-bond donors (Lipinski definition) is 1. The third-order valence-electron chi connectivity index (χ3n) is 6.36. The van der Waals surface area contributed by atoms with Gasteiger partial charge in [-0.15, -0.1) is 0 Å². The summed E-state index contributed by atoms with van der Waals surface area (Å²) in [5, 5.41) is 4.10. The maximum atomic E-state index is 13.9. The van der Waals surface area contributed by atoms with E-state index in [0.29, 0.717) is 24.3 Å². The standard InChI is InChI=1S/C26H25F2N5O/c1-18-7-9-20(10-8-18)22-15-23(24(27)28)33-25(30-22)21(16-29-33)26(34)32-13-11-31(12-14-32)17-19-5-3-2-4-6-19/h2-10,15-16,24H,11-14,17H2,1H3/p+1. The smallest absolute Gasteiger partial charge is 0.280 e. The molecule has 0 spiro atoms. The molecular formula is C26H26F2N5O+. The fourth-order valence-electron chi connectivity index (χ4n) is 4.42. The summed E-state index contributed by atoms with van der Waals surface area (Å²) in [6.07, 6.45) is -1.39. The van der Waals surface area contributed by atoms with Crippen LogP contribution in [-0.4, -0.2) is 51.6 Å². The molecule has 1 aliphatic rings. The molecule has 0 radical (unpaired) electrons. The SMILES string of the molecule is Cc1ccc(-c2cc(C(F)F)n3ncc(C(=O)N4CC[NH+](Cc5ccccc5)CC4)c3n2)cc1. The molecule has 3 heterocycles. The summed E-state index contributed by atoms with van der Waals surface area (Å²) in [5.74, 6) is -0.220. The number of amides is 1. The summed E-state index contributed by atoms with van der Waals surface area (Å²) in [7, 11) is 0. The average Bonchev–Trinajstić information content (AvgIpc) is 3.28. The van der Waals surface area contributed by atoms with Crippen LogP contribution in [0.1, 0.15) is 33.6 Å². The number of carbonyl (C=O) groups is 1. The van der Waals surface area contributed by atoms with Gasteiger partial charge in [0, 0.05) is 11.1 Å². The first-order valence-corrected chi connectivity index (χ1v) is 11.4. The monoisotopic (exact) mass is 462 g/mol. The van der Waals surface area contributed by atoms with E-state index in [4.69, 9.17) is 0 Å². The Morgan fingerprint density at radius 3 is 2.44 bits per heavy atom. The number of aromatic nitrogens is 3. The summed E-state index contributed by atoms with van der Waals surface area (Å²) in [4.78, 5) is 21.1. The molecule has 1 saturated heterocycles. The number of benzene rings is 2. The molecule has 1 aliphatic heterocycles. The van der Waals surface area contributed by atoms with E-state index < -0.39 is 6.43 Å². The molecule has 174 valence electrons. The Morgan fingerprint density at radius 1 is 1.06 bits per heavy atom. The van der Waals surface area contributed by atoms with E-state index >= 15 is 0 Å². The second-order valence-corrected chi connectivity index (χ2v) is 8.73. The van der Waals surface area contributed by atoms with Gasteiger partial charge in [0.2, 0.25) is 0 Å². The number of hydrogen-bond acceptors (Lipinski definition) is 3. The lowest BCUT2D eigenvalue weighted by Crippen LogP contribution is -3.13. The zero-order valence-corrected chi connectivity index (χ0v) is 18.9. The van der Waals surface area contributed by atoms with E-state index in [1.54, 1.807) is 4.90 Å². The van der Waals surface area contributed by atoms with Crippen LogP contribution in [0.15, 0.2) is 66.9 Å². The zero-order valence-electron chi connectivity index (χ0n) is 18.9. The van der Waals surface area contributed by atoms with Crippen molar-refractivity contribution >= 4 is 11.6 Å². The van der Waals surface area contributed by atoms with Crippen LogP contribution in [0.4, 0.5) is 8.78 Å². The van der Waals surface area contributed by atoms with Crippen LogP contribution in [0.5, 0.6) is 0 Å². The lowest BCUT2D eigenvalue weighted by Gasteiger charge is -2.32. The van der Waals surface area contributed by atoms with E-state index in [0.717, 1.165) is 29.7 Å². The van der Waals surface area contributed by atoms with Crippen LogP contribution in [0.3, 0.4) is 0 Å². The fraction of sp³-hybridized carbons (Fsp3) is 0.269. The normalized spacial score (nSPS) is 14.8. The van der Waals surface area contributed by atoms with Gasteiger partial charge < -0.3 is 9.80 Å². The third-order valence-corrected chi connectivity index (χ3v) is 6.36. The van der Waals surface area contributed by atoms with Crippen LogP contribution in [-0.2, 0) is 6.54 Å². The Labute approximate surface area is 196 Å². The highest BCUT2D eigenvalue weighted by molar-refractivity contribution is 6.00. The summed E-state index contributed by atoms with van der Waals surface area (Å²) in [6.45, 7) is 5.71. The number of fused-ring (bicyclic) bond motifs is 1. The molecule has 1 N–H and O–H groups in total. The summed E-state index contributed by atoms with van der Waals surface area (Å²) < 4.78 is 28.8. The first kappa shape index (κ1) is 22.2. The molecule has 34 heavy (non-hydrogen) atoms. The largest absolute Gasteiger partial charge is 0.328 e. The van der Waals surface area contributed by atoms with Gasteiger partial charge in [-0.3, -0.25) is 4.79 Å². The number of nitrogens with one attached hydrogen (secondary N) is 1. The van der Waals surface area contributed by atoms with Gasteiger partial charge in [0.25, 0.3) is 12.3 Å². The number of alkyl halides is 2. The molecular weight excluding hydrogens is 436 g/mol. The Hall–Kier alpha value is -3.65. The van der Waals surface area contributed by atoms with E-state index in [-0.39, 0.29) is 22.8 Å². The van der Waals surface area contributed by atoms with Crippen LogP contribution < -0.4 is 4.90 Å². The number of rotatable bonds is 5. The van der Waals surface area contributed by atoms with Gasteiger partial charge >= 0.3 is 0 Å². The maximum Gasteiger partial charge on any atom is 0.280 e. The Bertz CT molecular complexity index is 1300. The van der Waals surface area contributed by atoms with Gasteiger partial charge in [-0.2, -0.15) is 5.10 Å². The molecule has 8 heteroatoms. The molecule has 0 aliphatic carbocycles. The second kappa shape index (κ2) is 9.30. The van der Waals surface area contributed by atoms with Gasteiger partial charge in [-0.05, 0) is 13.0 Å². The number of quaternary nitrogens is 1. The minimum Gasteiger partial charge on any atom is -0.328 e. The van der Waals surface area contributed by atoms with Crippen molar-refractivity contribution in [3.8, 4) is 11.3 Å². The first-order chi connectivity index (χ1) is 16.5. The van der Waals surface area contributed by atoms with Crippen LogP contribution in [0.25, 0.3) is 16.9 Å². The van der Waals surface area contributed by atoms with Gasteiger partial charge in [-0.25, -0.2) is 18.3 Å². The third kappa shape index (κ3) is 4.41. The van der Waals surface area contributed by atoms with Crippen LogP contribution >= 0.6 is 0 Å². The molecule has 0 atom stereocenters. The van der Waals surface area contributed by atoms with E-state index in [9.17, 15) is 13.6 Å². The van der Waals surface area contributed by atoms with Gasteiger partial charge in [-0.1, -0.05) is 60.2 Å². The van der Waals surface area contributed by atoms with Crippen molar-refractivity contribution in [2.24, 2.45) is 0 Å². The highest BCUT2D eigenvalue weighted by Crippen LogP contribution is 2.27. The van der Waals surface area contributed by atoms with Crippen molar-refractivity contribution in [2.45, 2.75) is 19.9 Å².